The molecule has 0 spiro atoms. The van der Waals surface area contributed by atoms with E-state index in [0.717, 1.165) is 49.4 Å². The fourth-order valence-electron chi connectivity index (χ4n) is 3.97. The predicted molar refractivity (Wildman–Crippen MR) is 179 cm³/mol. The summed E-state index contributed by atoms with van der Waals surface area (Å²) in [5.41, 5.74) is 0.420. The normalized spacial score (nSPS) is 14.3. The van der Waals surface area contributed by atoms with Crippen LogP contribution in [0.25, 0.3) is 10.8 Å². The first-order valence-corrected chi connectivity index (χ1v) is 15.2. The Kier molecular flexibility index (Phi) is 17.2. The van der Waals surface area contributed by atoms with Crippen molar-refractivity contribution in [3.05, 3.63) is 60.7 Å². The van der Waals surface area contributed by atoms with Gasteiger partial charge in [-0.1, -0.05) is 127 Å². The van der Waals surface area contributed by atoms with Crippen LogP contribution < -0.4 is 18.9 Å². The molecule has 0 aliphatic carbocycles. The highest BCUT2D eigenvalue weighted by atomic mass is 16.5. The Bertz CT molecular complexity index is 1030. The molecule has 2 aliphatic heterocycles. The second-order valence-electron chi connectivity index (χ2n) is 11.5. The summed E-state index contributed by atoms with van der Waals surface area (Å²) in [6.45, 7) is 28.3. The molecule has 0 radical (unpaired) electrons. The van der Waals surface area contributed by atoms with E-state index in [1.165, 1.54) is 10.8 Å². The number of para-hydroxylation sites is 2. The molecule has 0 atom stereocenters. The number of hydrogen-bond acceptors (Lipinski definition) is 4. The molecule has 4 nitrogen and oxygen atoms in total. The number of fused-ring (bicyclic) bond motifs is 3. The molecule has 5 rings (SSSR count). The fourth-order valence-corrected chi connectivity index (χ4v) is 3.97. The molecular weight excluding hydrogens is 508 g/mol. The first-order valence-electron chi connectivity index (χ1n) is 15.2. The average Bonchev–Trinajstić information content (AvgIpc) is 3.32. The lowest BCUT2D eigenvalue weighted by Gasteiger charge is -2.28. The zero-order valence-corrected chi connectivity index (χ0v) is 27.4. The summed E-state index contributed by atoms with van der Waals surface area (Å²) >= 11 is 0. The van der Waals surface area contributed by atoms with Crippen molar-refractivity contribution in [1.29, 1.82) is 0 Å². The van der Waals surface area contributed by atoms with Crippen LogP contribution >= 0.6 is 0 Å². The van der Waals surface area contributed by atoms with Crippen molar-refractivity contribution >= 4 is 10.8 Å². The summed E-state index contributed by atoms with van der Waals surface area (Å²) in [6, 6.07) is 20.3. The van der Waals surface area contributed by atoms with E-state index in [1.54, 1.807) is 0 Å². The Balaban J connectivity index is 0.000000659. The van der Waals surface area contributed by atoms with Crippen LogP contribution in [-0.2, 0) is 0 Å². The van der Waals surface area contributed by atoms with Gasteiger partial charge in [-0.15, -0.1) is 0 Å². The molecule has 0 amide bonds. The minimum atomic E-state index is 0. The van der Waals surface area contributed by atoms with E-state index in [2.05, 4.69) is 65.8 Å². The number of ether oxygens (including phenoxy) is 4. The van der Waals surface area contributed by atoms with Crippen molar-refractivity contribution in [2.45, 2.75) is 90.5 Å². The van der Waals surface area contributed by atoms with Gasteiger partial charge in [0.15, 0.2) is 23.0 Å². The van der Waals surface area contributed by atoms with Gasteiger partial charge in [-0.25, -0.2) is 0 Å². The molecular formula is C37H60O4. The van der Waals surface area contributed by atoms with Crippen LogP contribution in [0.2, 0.25) is 0 Å². The minimum absolute atomic E-state index is 0. The first-order chi connectivity index (χ1) is 19.1. The third kappa shape index (κ3) is 11.5. The molecule has 41 heavy (non-hydrogen) atoms. The van der Waals surface area contributed by atoms with Gasteiger partial charge in [0, 0.05) is 11.8 Å². The first kappa shape index (κ1) is 38.1. The zero-order valence-electron chi connectivity index (χ0n) is 27.4. The summed E-state index contributed by atoms with van der Waals surface area (Å²) in [7, 11) is 0. The summed E-state index contributed by atoms with van der Waals surface area (Å²) < 4.78 is 23.5. The standard InChI is InChI=1S/C17H20O2.C13H18O2.3C2H6.CH4/c1-17(2,3)14-10-18-15-8-12-6-4-5-7-13(12)9-16(15)19-11-14;1-13(2,3)10-8-14-11-6-4-5-7-12(11)15-9-10;3*1-2;/h4-9,14H,10-11H2,1-3H3;4-7,10H,8-9H2,1-3H3;3*1-2H3;1H4. The van der Waals surface area contributed by atoms with Crippen molar-refractivity contribution in [1.82, 2.24) is 0 Å². The quantitative estimate of drug-likeness (QED) is 0.270. The van der Waals surface area contributed by atoms with Crippen molar-refractivity contribution in [3.63, 3.8) is 0 Å². The molecule has 0 saturated carbocycles. The van der Waals surface area contributed by atoms with Gasteiger partial charge in [-0.2, -0.15) is 0 Å². The van der Waals surface area contributed by atoms with E-state index in [0.29, 0.717) is 11.8 Å². The summed E-state index contributed by atoms with van der Waals surface area (Å²) in [5.74, 6) is 4.30. The molecule has 0 bridgehead atoms. The van der Waals surface area contributed by atoms with Gasteiger partial charge >= 0.3 is 0 Å². The smallest absolute Gasteiger partial charge is 0.161 e. The minimum Gasteiger partial charge on any atom is -0.489 e. The van der Waals surface area contributed by atoms with Gasteiger partial charge in [0.2, 0.25) is 0 Å². The lowest BCUT2D eigenvalue weighted by atomic mass is 9.82. The molecule has 0 saturated heterocycles. The van der Waals surface area contributed by atoms with Gasteiger partial charge < -0.3 is 18.9 Å². The Morgan fingerprint density at radius 1 is 0.463 bits per heavy atom. The van der Waals surface area contributed by atoms with Gasteiger partial charge in [-0.3, -0.25) is 0 Å². The Hall–Kier alpha value is -2.88. The maximum absolute atomic E-state index is 5.97. The average molecular weight is 569 g/mol. The van der Waals surface area contributed by atoms with Crippen LogP contribution in [0.1, 0.15) is 90.5 Å². The van der Waals surface area contributed by atoms with E-state index in [9.17, 15) is 0 Å². The lowest BCUT2D eigenvalue weighted by molar-refractivity contribution is 0.114. The summed E-state index contributed by atoms with van der Waals surface area (Å²) in [5, 5.41) is 2.39. The van der Waals surface area contributed by atoms with Crippen LogP contribution in [0.15, 0.2) is 60.7 Å². The van der Waals surface area contributed by atoms with Crippen molar-refractivity contribution in [2.75, 3.05) is 26.4 Å². The van der Waals surface area contributed by atoms with Gasteiger partial charge in [0.05, 0.1) is 26.4 Å². The molecule has 0 unspecified atom stereocenters. The SMILES string of the molecule is C.CC.CC.CC.CC(C)(C)C1COc2cc3ccccc3cc2OC1.CC(C)(C)C1COc2ccccc2OC1. The molecule has 3 aromatic rings. The van der Waals surface area contributed by atoms with Crippen LogP contribution in [0.4, 0.5) is 0 Å². The molecule has 232 valence electrons. The lowest BCUT2D eigenvalue weighted by Crippen LogP contribution is -2.30. The third-order valence-electron chi connectivity index (χ3n) is 6.87. The Labute approximate surface area is 252 Å². The van der Waals surface area contributed by atoms with Crippen molar-refractivity contribution < 1.29 is 18.9 Å². The molecule has 2 heterocycles. The van der Waals surface area contributed by atoms with E-state index >= 15 is 0 Å². The Morgan fingerprint density at radius 2 is 0.732 bits per heavy atom. The van der Waals surface area contributed by atoms with E-state index in [4.69, 9.17) is 18.9 Å². The Morgan fingerprint density at radius 3 is 1.02 bits per heavy atom. The predicted octanol–water partition coefficient (Wildman–Crippen LogP) is 11.1. The van der Waals surface area contributed by atoms with Crippen LogP contribution in [-0.4, -0.2) is 26.4 Å². The van der Waals surface area contributed by atoms with E-state index < -0.39 is 0 Å². The molecule has 0 N–H and O–H groups in total. The number of rotatable bonds is 0. The highest BCUT2D eigenvalue weighted by Gasteiger charge is 2.30. The molecule has 0 aromatic heterocycles. The number of benzene rings is 3. The summed E-state index contributed by atoms with van der Waals surface area (Å²) in [6.07, 6.45) is 0. The zero-order chi connectivity index (χ0) is 30.3. The second kappa shape index (κ2) is 18.5. The van der Waals surface area contributed by atoms with E-state index in [1.807, 2.05) is 77.9 Å². The van der Waals surface area contributed by atoms with Crippen molar-refractivity contribution in [3.8, 4) is 23.0 Å². The highest BCUT2D eigenvalue weighted by Crippen LogP contribution is 2.38. The molecule has 3 aromatic carbocycles. The molecule has 0 fully saturated rings. The topological polar surface area (TPSA) is 36.9 Å². The molecule has 4 heteroatoms. The van der Waals surface area contributed by atoms with Crippen molar-refractivity contribution in [2.24, 2.45) is 22.7 Å². The largest absolute Gasteiger partial charge is 0.489 e. The third-order valence-corrected chi connectivity index (χ3v) is 6.87. The van der Waals surface area contributed by atoms with Crippen LogP contribution in [0, 0.1) is 22.7 Å². The van der Waals surface area contributed by atoms with Gasteiger partial charge in [-0.05, 0) is 45.9 Å². The summed E-state index contributed by atoms with van der Waals surface area (Å²) in [4.78, 5) is 0. The maximum Gasteiger partial charge on any atom is 0.161 e. The second-order valence-corrected chi connectivity index (χ2v) is 11.5. The van der Waals surface area contributed by atoms with Gasteiger partial charge in [0.1, 0.15) is 0 Å². The highest BCUT2D eigenvalue weighted by molar-refractivity contribution is 5.86. The maximum atomic E-state index is 5.97. The van der Waals surface area contributed by atoms with E-state index in [-0.39, 0.29) is 18.3 Å². The monoisotopic (exact) mass is 568 g/mol. The number of hydrogen-bond donors (Lipinski definition) is 0. The molecule has 2 aliphatic rings. The van der Waals surface area contributed by atoms with Gasteiger partial charge in [0.25, 0.3) is 0 Å². The fraction of sp³-hybridized carbons (Fsp3) is 0.568. The van der Waals surface area contributed by atoms with Crippen LogP contribution in [0.5, 0.6) is 23.0 Å². The van der Waals surface area contributed by atoms with Crippen LogP contribution in [0.3, 0.4) is 0 Å².